The molecule has 0 aliphatic carbocycles. The van der Waals surface area contributed by atoms with E-state index in [0.717, 1.165) is 25.9 Å². The van der Waals surface area contributed by atoms with E-state index in [9.17, 15) is 0 Å². The molecule has 2 heterocycles. The molecule has 2 rings (SSSR count). The highest BCUT2D eigenvalue weighted by Gasteiger charge is 2.16. The number of methoxy groups -OCH3 is 1. The van der Waals surface area contributed by atoms with Crippen LogP contribution in [0.5, 0.6) is 5.88 Å². The van der Waals surface area contributed by atoms with Crippen LogP contribution in [0.4, 0.5) is 5.95 Å². The van der Waals surface area contributed by atoms with Gasteiger partial charge >= 0.3 is 0 Å². The molecule has 1 aromatic rings. The second-order valence-electron chi connectivity index (χ2n) is 3.40. The van der Waals surface area contributed by atoms with Gasteiger partial charge in [0.15, 0.2) is 0 Å². The molecule has 5 nitrogen and oxygen atoms in total. The maximum absolute atomic E-state index is 8.81. The van der Waals surface area contributed by atoms with Crippen molar-refractivity contribution in [2.75, 3.05) is 25.1 Å². The summed E-state index contributed by atoms with van der Waals surface area (Å²) in [7, 11) is 1.54. The molecule has 5 heteroatoms. The summed E-state index contributed by atoms with van der Waals surface area (Å²) in [6.45, 7) is 1.91. The predicted molar refractivity (Wildman–Crippen MR) is 54.7 cm³/mol. The summed E-state index contributed by atoms with van der Waals surface area (Å²) in [5.74, 6) is 1.05. The number of nitriles is 1. The highest BCUT2D eigenvalue weighted by atomic mass is 16.5. The number of hydrogen-bond acceptors (Lipinski definition) is 5. The molecule has 0 unspecified atom stereocenters. The van der Waals surface area contributed by atoms with Gasteiger partial charge in [-0.05, 0) is 12.8 Å². The number of anilines is 1. The maximum atomic E-state index is 8.81. The summed E-state index contributed by atoms with van der Waals surface area (Å²) < 4.78 is 5.03. The number of aromatic nitrogens is 2. The summed E-state index contributed by atoms with van der Waals surface area (Å²) in [5.41, 5.74) is 0.351. The van der Waals surface area contributed by atoms with Crippen LogP contribution in [0.15, 0.2) is 6.07 Å². The third kappa shape index (κ3) is 1.99. The molecule has 1 aromatic heterocycles. The van der Waals surface area contributed by atoms with E-state index < -0.39 is 0 Å². The van der Waals surface area contributed by atoms with Gasteiger partial charge in [0.05, 0.1) is 7.11 Å². The first-order valence-corrected chi connectivity index (χ1v) is 4.91. The Labute approximate surface area is 88.3 Å². The lowest BCUT2D eigenvalue weighted by atomic mass is 10.4. The van der Waals surface area contributed by atoms with E-state index in [1.165, 1.54) is 7.11 Å². The highest BCUT2D eigenvalue weighted by Crippen LogP contribution is 2.19. The Balaban J connectivity index is 2.33. The fraction of sp³-hybridized carbons (Fsp3) is 0.500. The number of ether oxygens (including phenoxy) is 1. The van der Waals surface area contributed by atoms with Crippen molar-refractivity contribution in [1.82, 2.24) is 9.97 Å². The van der Waals surface area contributed by atoms with Gasteiger partial charge in [-0.2, -0.15) is 10.2 Å². The van der Waals surface area contributed by atoms with E-state index in [0.29, 0.717) is 17.5 Å². The molecule has 78 valence electrons. The van der Waals surface area contributed by atoms with E-state index in [-0.39, 0.29) is 0 Å². The zero-order valence-corrected chi connectivity index (χ0v) is 8.60. The van der Waals surface area contributed by atoms with E-state index >= 15 is 0 Å². The molecule has 1 saturated heterocycles. The molecule has 0 bridgehead atoms. The van der Waals surface area contributed by atoms with Crippen molar-refractivity contribution in [3.05, 3.63) is 11.8 Å². The van der Waals surface area contributed by atoms with Crippen molar-refractivity contribution in [2.45, 2.75) is 12.8 Å². The Hall–Kier alpha value is -1.83. The third-order valence-corrected chi connectivity index (χ3v) is 2.40. The van der Waals surface area contributed by atoms with Crippen molar-refractivity contribution < 1.29 is 4.74 Å². The summed E-state index contributed by atoms with van der Waals surface area (Å²) >= 11 is 0. The lowest BCUT2D eigenvalue weighted by molar-refractivity contribution is 0.396. The van der Waals surface area contributed by atoms with Crippen molar-refractivity contribution >= 4 is 5.95 Å². The van der Waals surface area contributed by atoms with E-state index in [2.05, 4.69) is 14.9 Å². The van der Waals surface area contributed by atoms with Crippen LogP contribution in [0.3, 0.4) is 0 Å². The molecule has 0 aromatic carbocycles. The first kappa shape index (κ1) is 9.71. The minimum Gasteiger partial charge on any atom is -0.481 e. The van der Waals surface area contributed by atoms with Gasteiger partial charge in [-0.15, -0.1) is 0 Å². The second kappa shape index (κ2) is 4.13. The standard InChI is InChI=1S/C10H12N4O/c1-15-9-6-8(7-11)12-10(13-9)14-4-2-3-5-14/h6H,2-5H2,1H3. The van der Waals surface area contributed by atoms with Crippen LogP contribution in [0, 0.1) is 11.3 Å². The van der Waals surface area contributed by atoms with E-state index in [1.54, 1.807) is 6.07 Å². The number of rotatable bonds is 2. The minimum absolute atomic E-state index is 0.351. The molecule has 15 heavy (non-hydrogen) atoms. The van der Waals surface area contributed by atoms with E-state index in [4.69, 9.17) is 10.00 Å². The average Bonchev–Trinajstić information content (AvgIpc) is 2.81. The van der Waals surface area contributed by atoms with Gasteiger partial charge < -0.3 is 9.64 Å². The molecule has 1 aliphatic rings. The molecule has 1 aliphatic heterocycles. The van der Waals surface area contributed by atoms with Gasteiger partial charge in [0.25, 0.3) is 0 Å². The monoisotopic (exact) mass is 204 g/mol. The van der Waals surface area contributed by atoms with Crippen LogP contribution in [-0.4, -0.2) is 30.2 Å². The Morgan fingerprint density at radius 1 is 1.40 bits per heavy atom. The lowest BCUT2D eigenvalue weighted by Crippen LogP contribution is -2.20. The smallest absolute Gasteiger partial charge is 0.229 e. The van der Waals surface area contributed by atoms with Crippen LogP contribution >= 0.6 is 0 Å². The maximum Gasteiger partial charge on any atom is 0.229 e. The van der Waals surface area contributed by atoms with Crippen molar-refractivity contribution in [3.63, 3.8) is 0 Å². The minimum atomic E-state index is 0.351. The molecule has 0 amide bonds. The second-order valence-corrected chi connectivity index (χ2v) is 3.40. The van der Waals surface area contributed by atoms with Crippen LogP contribution in [0.2, 0.25) is 0 Å². The Morgan fingerprint density at radius 2 is 2.13 bits per heavy atom. The fourth-order valence-electron chi connectivity index (χ4n) is 1.63. The zero-order chi connectivity index (χ0) is 10.7. The molecule has 1 fully saturated rings. The first-order valence-electron chi connectivity index (χ1n) is 4.91. The number of nitrogens with zero attached hydrogens (tertiary/aromatic N) is 4. The quantitative estimate of drug-likeness (QED) is 0.718. The summed E-state index contributed by atoms with van der Waals surface area (Å²) in [5, 5.41) is 8.81. The van der Waals surface area contributed by atoms with Gasteiger partial charge in [0.1, 0.15) is 11.8 Å². The molecule has 0 atom stereocenters. The first-order chi connectivity index (χ1) is 7.33. The van der Waals surface area contributed by atoms with Crippen LogP contribution in [0.1, 0.15) is 18.5 Å². The topological polar surface area (TPSA) is 62.0 Å². The summed E-state index contributed by atoms with van der Waals surface area (Å²) in [4.78, 5) is 10.5. The predicted octanol–water partition coefficient (Wildman–Crippen LogP) is 0.957. The van der Waals surface area contributed by atoms with E-state index in [1.807, 2.05) is 6.07 Å². The van der Waals surface area contributed by atoms with Gasteiger partial charge in [-0.1, -0.05) is 0 Å². The van der Waals surface area contributed by atoms with Crippen molar-refractivity contribution in [1.29, 1.82) is 5.26 Å². The summed E-state index contributed by atoms with van der Waals surface area (Å²) in [6, 6.07) is 3.55. The number of hydrogen-bond donors (Lipinski definition) is 0. The molecule has 0 N–H and O–H groups in total. The summed E-state index contributed by atoms with van der Waals surface area (Å²) in [6.07, 6.45) is 2.31. The Morgan fingerprint density at radius 3 is 2.73 bits per heavy atom. The van der Waals surface area contributed by atoms with Crippen molar-refractivity contribution in [3.8, 4) is 11.9 Å². The van der Waals surface area contributed by atoms with Crippen LogP contribution < -0.4 is 9.64 Å². The SMILES string of the molecule is COc1cc(C#N)nc(N2CCCC2)n1. The molecular formula is C10H12N4O. The highest BCUT2D eigenvalue weighted by molar-refractivity contribution is 5.38. The third-order valence-electron chi connectivity index (χ3n) is 2.40. The molecule has 0 radical (unpaired) electrons. The average molecular weight is 204 g/mol. The molecule has 0 spiro atoms. The van der Waals surface area contributed by atoms with Gasteiger partial charge in [-0.3, -0.25) is 0 Å². The zero-order valence-electron chi connectivity index (χ0n) is 8.60. The van der Waals surface area contributed by atoms with Crippen molar-refractivity contribution in [2.24, 2.45) is 0 Å². The van der Waals surface area contributed by atoms with Crippen LogP contribution in [-0.2, 0) is 0 Å². The van der Waals surface area contributed by atoms with Gasteiger partial charge in [-0.25, -0.2) is 4.98 Å². The normalized spacial score (nSPS) is 15.1. The molecule has 0 saturated carbocycles. The van der Waals surface area contributed by atoms with Crippen LogP contribution in [0.25, 0.3) is 0 Å². The lowest BCUT2D eigenvalue weighted by Gasteiger charge is -2.15. The van der Waals surface area contributed by atoms with Gasteiger partial charge in [0.2, 0.25) is 11.8 Å². The molecular weight excluding hydrogens is 192 g/mol. The van der Waals surface area contributed by atoms with Gasteiger partial charge in [0, 0.05) is 19.2 Å². The fourth-order valence-corrected chi connectivity index (χ4v) is 1.63. The largest absolute Gasteiger partial charge is 0.481 e. The Bertz CT molecular complexity index is 393. The Kier molecular flexibility index (Phi) is 2.68.